The van der Waals surface area contributed by atoms with E-state index in [2.05, 4.69) is 15.6 Å². The highest BCUT2D eigenvalue weighted by Crippen LogP contribution is 2.18. The Hall–Kier alpha value is -2.48. The first-order valence-corrected chi connectivity index (χ1v) is 6.34. The SMILES string of the molecule is O=C(CNCc1cccnc1)NC1CC1.O=C(O)C(=O)O. The van der Waals surface area contributed by atoms with Crippen LogP contribution in [0.1, 0.15) is 18.4 Å². The maximum absolute atomic E-state index is 11.3. The summed E-state index contributed by atoms with van der Waals surface area (Å²) >= 11 is 0. The summed E-state index contributed by atoms with van der Waals surface area (Å²) in [7, 11) is 0. The molecule has 114 valence electrons. The first-order chi connectivity index (χ1) is 9.99. The molecule has 0 unspecified atom stereocenters. The van der Waals surface area contributed by atoms with Gasteiger partial charge in [0, 0.05) is 25.0 Å². The number of amides is 1. The highest BCUT2D eigenvalue weighted by molar-refractivity contribution is 6.27. The quantitative estimate of drug-likeness (QED) is 0.544. The van der Waals surface area contributed by atoms with Gasteiger partial charge in [-0.25, -0.2) is 9.59 Å². The predicted molar refractivity (Wildman–Crippen MR) is 72.4 cm³/mol. The summed E-state index contributed by atoms with van der Waals surface area (Å²) < 4.78 is 0. The third-order valence-corrected chi connectivity index (χ3v) is 2.46. The van der Waals surface area contributed by atoms with Crippen LogP contribution in [0.15, 0.2) is 24.5 Å². The number of carbonyl (C=O) groups is 3. The molecule has 1 heterocycles. The number of carboxylic acids is 2. The molecule has 0 spiro atoms. The van der Waals surface area contributed by atoms with Crippen LogP contribution in [0, 0.1) is 0 Å². The van der Waals surface area contributed by atoms with Gasteiger partial charge in [0.15, 0.2) is 0 Å². The van der Waals surface area contributed by atoms with Gasteiger partial charge in [0.25, 0.3) is 0 Å². The summed E-state index contributed by atoms with van der Waals surface area (Å²) in [5.41, 5.74) is 1.09. The molecule has 4 N–H and O–H groups in total. The fourth-order valence-corrected chi connectivity index (χ4v) is 1.33. The second-order valence-electron chi connectivity index (χ2n) is 4.42. The smallest absolute Gasteiger partial charge is 0.414 e. The Morgan fingerprint density at radius 3 is 2.38 bits per heavy atom. The van der Waals surface area contributed by atoms with Crippen LogP contribution in [0.4, 0.5) is 0 Å². The lowest BCUT2D eigenvalue weighted by Gasteiger charge is -2.05. The second kappa shape index (κ2) is 8.64. The van der Waals surface area contributed by atoms with Gasteiger partial charge in [-0.2, -0.15) is 0 Å². The Bertz CT molecular complexity index is 476. The minimum Gasteiger partial charge on any atom is -0.473 e. The molecule has 1 aromatic rings. The van der Waals surface area contributed by atoms with Gasteiger partial charge >= 0.3 is 11.9 Å². The van der Waals surface area contributed by atoms with Crippen LogP contribution >= 0.6 is 0 Å². The van der Waals surface area contributed by atoms with Crippen molar-refractivity contribution < 1.29 is 24.6 Å². The van der Waals surface area contributed by atoms with E-state index in [1.54, 1.807) is 12.4 Å². The molecule has 1 aromatic heterocycles. The number of carbonyl (C=O) groups excluding carboxylic acids is 1. The molecule has 1 saturated carbocycles. The average Bonchev–Trinajstić information content (AvgIpc) is 3.24. The van der Waals surface area contributed by atoms with Crippen LogP contribution in [0.5, 0.6) is 0 Å². The van der Waals surface area contributed by atoms with Crippen molar-refractivity contribution in [1.82, 2.24) is 15.6 Å². The van der Waals surface area contributed by atoms with Gasteiger partial charge in [-0.05, 0) is 24.5 Å². The highest BCUT2D eigenvalue weighted by Gasteiger charge is 2.22. The normalized spacial score (nSPS) is 12.8. The van der Waals surface area contributed by atoms with Gasteiger partial charge in [-0.1, -0.05) is 6.07 Å². The van der Waals surface area contributed by atoms with Crippen molar-refractivity contribution in [2.75, 3.05) is 6.54 Å². The molecular weight excluding hydrogens is 278 g/mol. The lowest BCUT2D eigenvalue weighted by Crippen LogP contribution is -2.34. The van der Waals surface area contributed by atoms with E-state index in [0.717, 1.165) is 18.4 Å². The fourth-order valence-electron chi connectivity index (χ4n) is 1.33. The first-order valence-electron chi connectivity index (χ1n) is 6.34. The zero-order valence-corrected chi connectivity index (χ0v) is 11.3. The Kier molecular flexibility index (Phi) is 6.82. The molecule has 0 bridgehead atoms. The summed E-state index contributed by atoms with van der Waals surface area (Å²) in [4.78, 5) is 33.5. The second-order valence-corrected chi connectivity index (χ2v) is 4.42. The van der Waals surface area contributed by atoms with Crippen molar-refractivity contribution in [3.8, 4) is 0 Å². The number of carboxylic acid groups (broad SMARTS) is 2. The number of hydrogen-bond acceptors (Lipinski definition) is 5. The van der Waals surface area contributed by atoms with E-state index in [1.807, 2.05) is 12.1 Å². The number of hydrogen-bond donors (Lipinski definition) is 4. The molecular formula is C13H17N3O5. The summed E-state index contributed by atoms with van der Waals surface area (Å²) in [6, 6.07) is 4.32. The number of aromatic nitrogens is 1. The van der Waals surface area contributed by atoms with E-state index < -0.39 is 11.9 Å². The molecule has 1 fully saturated rings. The summed E-state index contributed by atoms with van der Waals surface area (Å²) in [6.45, 7) is 1.07. The van der Waals surface area contributed by atoms with Crippen molar-refractivity contribution in [2.24, 2.45) is 0 Å². The van der Waals surface area contributed by atoms with Crippen LogP contribution in [-0.4, -0.2) is 45.6 Å². The molecule has 0 aliphatic heterocycles. The summed E-state index contributed by atoms with van der Waals surface area (Å²) in [5, 5.41) is 20.8. The van der Waals surface area contributed by atoms with Gasteiger partial charge in [0.2, 0.25) is 5.91 Å². The predicted octanol–water partition coefficient (Wildman–Crippen LogP) is -0.395. The average molecular weight is 295 g/mol. The molecule has 1 aliphatic rings. The zero-order valence-electron chi connectivity index (χ0n) is 11.3. The van der Waals surface area contributed by atoms with Crippen LogP contribution in [-0.2, 0) is 20.9 Å². The minimum atomic E-state index is -1.82. The number of pyridine rings is 1. The third-order valence-electron chi connectivity index (χ3n) is 2.46. The molecule has 0 aromatic carbocycles. The standard InChI is InChI=1S/C11H15N3O.C2H2O4/c15-11(14-10-3-4-10)8-13-7-9-2-1-5-12-6-9;3-1(4)2(5)6/h1-2,5-6,10,13H,3-4,7-8H2,(H,14,15);(H,3,4)(H,5,6). The number of nitrogens with zero attached hydrogens (tertiary/aromatic N) is 1. The van der Waals surface area contributed by atoms with Gasteiger partial charge in [-0.3, -0.25) is 9.78 Å². The molecule has 1 aliphatic carbocycles. The molecule has 21 heavy (non-hydrogen) atoms. The van der Waals surface area contributed by atoms with Crippen LogP contribution in [0.3, 0.4) is 0 Å². The first kappa shape index (κ1) is 16.6. The topological polar surface area (TPSA) is 129 Å². The molecule has 0 radical (unpaired) electrons. The lowest BCUT2D eigenvalue weighted by atomic mass is 10.3. The minimum absolute atomic E-state index is 0.0846. The Morgan fingerprint density at radius 2 is 1.90 bits per heavy atom. The van der Waals surface area contributed by atoms with Crippen molar-refractivity contribution in [3.63, 3.8) is 0 Å². The van der Waals surface area contributed by atoms with E-state index in [9.17, 15) is 4.79 Å². The van der Waals surface area contributed by atoms with Gasteiger partial charge in [0.05, 0.1) is 6.54 Å². The molecule has 1 amide bonds. The number of nitrogens with one attached hydrogen (secondary N) is 2. The van der Waals surface area contributed by atoms with E-state index in [0.29, 0.717) is 19.1 Å². The van der Waals surface area contributed by atoms with Crippen molar-refractivity contribution >= 4 is 17.8 Å². The zero-order chi connectivity index (χ0) is 15.7. The number of aliphatic carboxylic acids is 2. The van der Waals surface area contributed by atoms with Crippen molar-refractivity contribution in [3.05, 3.63) is 30.1 Å². The molecule has 0 atom stereocenters. The molecule has 0 saturated heterocycles. The van der Waals surface area contributed by atoms with Crippen LogP contribution < -0.4 is 10.6 Å². The monoisotopic (exact) mass is 295 g/mol. The number of rotatable bonds is 5. The van der Waals surface area contributed by atoms with Gasteiger partial charge < -0.3 is 20.8 Å². The fraction of sp³-hybridized carbons (Fsp3) is 0.385. The summed E-state index contributed by atoms with van der Waals surface area (Å²) in [6.07, 6.45) is 5.80. The van der Waals surface area contributed by atoms with Crippen LogP contribution in [0.2, 0.25) is 0 Å². The van der Waals surface area contributed by atoms with Crippen LogP contribution in [0.25, 0.3) is 0 Å². The van der Waals surface area contributed by atoms with E-state index in [4.69, 9.17) is 19.8 Å². The maximum atomic E-state index is 11.3. The molecule has 8 heteroatoms. The highest BCUT2D eigenvalue weighted by atomic mass is 16.4. The van der Waals surface area contributed by atoms with Crippen molar-refractivity contribution in [2.45, 2.75) is 25.4 Å². The molecule has 8 nitrogen and oxygen atoms in total. The Labute approximate surface area is 121 Å². The molecule has 2 rings (SSSR count). The Balaban J connectivity index is 0.000000315. The largest absolute Gasteiger partial charge is 0.473 e. The van der Waals surface area contributed by atoms with Gasteiger partial charge in [-0.15, -0.1) is 0 Å². The van der Waals surface area contributed by atoms with Gasteiger partial charge in [0.1, 0.15) is 0 Å². The summed E-state index contributed by atoms with van der Waals surface area (Å²) in [5.74, 6) is -3.56. The van der Waals surface area contributed by atoms with E-state index in [-0.39, 0.29) is 5.91 Å². The van der Waals surface area contributed by atoms with E-state index in [1.165, 1.54) is 0 Å². The Morgan fingerprint density at radius 1 is 1.24 bits per heavy atom. The van der Waals surface area contributed by atoms with Crippen molar-refractivity contribution in [1.29, 1.82) is 0 Å². The third kappa shape index (κ3) is 8.32. The van der Waals surface area contributed by atoms with E-state index >= 15 is 0 Å². The maximum Gasteiger partial charge on any atom is 0.414 e. The lowest BCUT2D eigenvalue weighted by molar-refractivity contribution is -0.159.